The number of nitrogens with one attached hydrogen (secondary N) is 1. The Morgan fingerprint density at radius 2 is 2.09 bits per heavy atom. The Labute approximate surface area is 138 Å². The van der Waals surface area contributed by atoms with Crippen LogP contribution in [-0.2, 0) is 4.74 Å². The lowest BCUT2D eigenvalue weighted by molar-refractivity contribution is 0.0512. The van der Waals surface area contributed by atoms with Crippen LogP contribution in [0, 0.1) is 0 Å². The molecule has 0 unspecified atom stereocenters. The summed E-state index contributed by atoms with van der Waals surface area (Å²) in [5, 5.41) is 2.35. The van der Waals surface area contributed by atoms with Gasteiger partial charge < -0.3 is 9.72 Å². The third-order valence-electron chi connectivity index (χ3n) is 3.07. The van der Waals surface area contributed by atoms with Crippen LogP contribution < -0.4 is 5.56 Å². The molecule has 0 spiro atoms. The van der Waals surface area contributed by atoms with Gasteiger partial charge in [-0.3, -0.25) is 4.79 Å². The summed E-state index contributed by atoms with van der Waals surface area (Å²) in [5.74, 6) is -0.691. The van der Waals surface area contributed by atoms with Gasteiger partial charge >= 0.3 is 5.97 Å². The molecule has 0 aliphatic carbocycles. The van der Waals surface area contributed by atoms with Gasteiger partial charge in [-0.25, -0.2) is 9.78 Å². The van der Waals surface area contributed by atoms with Crippen molar-refractivity contribution in [1.29, 1.82) is 0 Å². The molecule has 1 aromatic carbocycles. The SMILES string of the molecule is CCOC(=O)c1nc2scc(-c3ccc(Br)cc3)c2c(=O)[nH]1. The molecule has 5 nitrogen and oxygen atoms in total. The predicted octanol–water partition coefficient (Wildman–Crippen LogP) is 3.59. The zero-order chi connectivity index (χ0) is 15.7. The van der Waals surface area contributed by atoms with Gasteiger partial charge in [-0.05, 0) is 24.6 Å². The highest BCUT2D eigenvalue weighted by atomic mass is 79.9. The van der Waals surface area contributed by atoms with Gasteiger partial charge in [0.25, 0.3) is 5.56 Å². The molecule has 0 amide bonds. The summed E-state index contributed by atoms with van der Waals surface area (Å²) < 4.78 is 5.83. The van der Waals surface area contributed by atoms with Gasteiger partial charge in [0.15, 0.2) is 0 Å². The van der Waals surface area contributed by atoms with Crippen LogP contribution in [0.3, 0.4) is 0 Å². The van der Waals surface area contributed by atoms with Gasteiger partial charge in [-0.1, -0.05) is 28.1 Å². The van der Waals surface area contributed by atoms with Crippen molar-refractivity contribution >= 4 is 43.5 Å². The van der Waals surface area contributed by atoms with Gasteiger partial charge in [-0.2, -0.15) is 0 Å². The summed E-state index contributed by atoms with van der Waals surface area (Å²) >= 11 is 4.71. The fourth-order valence-electron chi connectivity index (χ4n) is 2.09. The third-order valence-corrected chi connectivity index (χ3v) is 4.47. The minimum absolute atomic E-state index is 0.0662. The van der Waals surface area contributed by atoms with Gasteiger partial charge in [0, 0.05) is 15.4 Å². The fourth-order valence-corrected chi connectivity index (χ4v) is 3.30. The number of thiophene rings is 1. The number of benzene rings is 1. The second kappa shape index (κ2) is 6.02. The van der Waals surface area contributed by atoms with Gasteiger partial charge in [0.2, 0.25) is 5.82 Å². The number of aromatic nitrogens is 2. The average Bonchev–Trinajstić information content (AvgIpc) is 2.93. The Hall–Kier alpha value is -1.99. The highest BCUT2D eigenvalue weighted by Crippen LogP contribution is 2.31. The van der Waals surface area contributed by atoms with Crippen molar-refractivity contribution in [2.45, 2.75) is 6.92 Å². The van der Waals surface area contributed by atoms with Crippen molar-refractivity contribution in [2.75, 3.05) is 6.61 Å². The molecule has 7 heteroatoms. The second-order valence-electron chi connectivity index (χ2n) is 4.47. The molecule has 3 rings (SSSR count). The average molecular weight is 379 g/mol. The highest BCUT2D eigenvalue weighted by molar-refractivity contribution is 9.10. The van der Waals surface area contributed by atoms with Crippen molar-refractivity contribution in [3.8, 4) is 11.1 Å². The van der Waals surface area contributed by atoms with E-state index in [1.165, 1.54) is 11.3 Å². The monoisotopic (exact) mass is 378 g/mol. The van der Waals surface area contributed by atoms with Crippen LogP contribution in [-0.4, -0.2) is 22.5 Å². The number of hydrogen-bond acceptors (Lipinski definition) is 5. The molecule has 0 aliphatic heterocycles. The van der Waals surface area contributed by atoms with E-state index >= 15 is 0 Å². The maximum absolute atomic E-state index is 12.3. The fraction of sp³-hybridized carbons (Fsp3) is 0.133. The van der Waals surface area contributed by atoms with E-state index in [-0.39, 0.29) is 18.0 Å². The molecule has 0 saturated carbocycles. The number of hydrogen-bond donors (Lipinski definition) is 1. The normalized spacial score (nSPS) is 10.8. The predicted molar refractivity (Wildman–Crippen MR) is 89.3 cm³/mol. The number of ether oxygens (including phenoxy) is 1. The summed E-state index contributed by atoms with van der Waals surface area (Å²) in [4.78, 5) is 31.2. The zero-order valence-electron chi connectivity index (χ0n) is 11.6. The Bertz CT molecular complexity index is 899. The molecule has 112 valence electrons. The number of carbonyl (C=O) groups is 1. The van der Waals surface area contributed by atoms with E-state index in [1.807, 2.05) is 29.6 Å². The molecule has 0 atom stereocenters. The first-order valence-corrected chi connectivity index (χ1v) is 8.22. The van der Waals surface area contributed by atoms with E-state index in [0.717, 1.165) is 15.6 Å². The molecule has 3 aromatic rings. The molecule has 0 saturated heterocycles. The number of carbonyl (C=O) groups excluding carboxylic acids is 1. The van der Waals surface area contributed by atoms with Crippen LogP contribution in [0.25, 0.3) is 21.3 Å². The Balaban J connectivity index is 2.14. The first kappa shape index (κ1) is 14.9. The lowest BCUT2D eigenvalue weighted by atomic mass is 10.1. The molecule has 1 N–H and O–H groups in total. The van der Waals surface area contributed by atoms with Gasteiger partial charge in [0.1, 0.15) is 4.83 Å². The number of H-pyrrole nitrogens is 1. The number of aromatic amines is 1. The van der Waals surface area contributed by atoms with E-state index in [4.69, 9.17) is 4.74 Å². The van der Waals surface area contributed by atoms with E-state index < -0.39 is 5.97 Å². The van der Waals surface area contributed by atoms with E-state index in [9.17, 15) is 9.59 Å². The smallest absolute Gasteiger partial charge is 0.374 e. The molecule has 0 radical (unpaired) electrons. The molecule has 0 fully saturated rings. The van der Waals surface area contributed by atoms with Crippen molar-refractivity contribution in [3.63, 3.8) is 0 Å². The first-order valence-electron chi connectivity index (χ1n) is 6.54. The molecular formula is C15H11BrN2O3S. The summed E-state index contributed by atoms with van der Waals surface area (Å²) in [5.41, 5.74) is 1.38. The van der Waals surface area contributed by atoms with Gasteiger partial charge in [-0.15, -0.1) is 11.3 Å². The summed E-state index contributed by atoms with van der Waals surface area (Å²) in [6.07, 6.45) is 0. The van der Waals surface area contributed by atoms with E-state index in [1.54, 1.807) is 6.92 Å². The zero-order valence-corrected chi connectivity index (χ0v) is 14.0. The summed E-state index contributed by atoms with van der Waals surface area (Å²) in [6.45, 7) is 1.93. The van der Waals surface area contributed by atoms with E-state index in [0.29, 0.717) is 10.2 Å². The largest absolute Gasteiger partial charge is 0.460 e. The van der Waals surface area contributed by atoms with Crippen molar-refractivity contribution in [2.24, 2.45) is 0 Å². The summed E-state index contributed by atoms with van der Waals surface area (Å²) in [7, 11) is 0. The Morgan fingerprint density at radius 1 is 1.36 bits per heavy atom. The minimum Gasteiger partial charge on any atom is -0.460 e. The topological polar surface area (TPSA) is 72.0 Å². The third kappa shape index (κ3) is 2.69. The molecule has 2 heterocycles. The lowest BCUT2D eigenvalue weighted by Crippen LogP contribution is -2.17. The number of rotatable bonds is 3. The van der Waals surface area contributed by atoms with Crippen molar-refractivity contribution in [1.82, 2.24) is 9.97 Å². The number of fused-ring (bicyclic) bond motifs is 1. The van der Waals surface area contributed by atoms with Crippen LogP contribution in [0.4, 0.5) is 0 Å². The Morgan fingerprint density at radius 3 is 2.77 bits per heavy atom. The van der Waals surface area contributed by atoms with Crippen LogP contribution in [0.2, 0.25) is 0 Å². The maximum atomic E-state index is 12.3. The quantitative estimate of drug-likeness (QED) is 0.706. The standard InChI is InChI=1S/C15H11BrN2O3S/c1-2-21-15(20)12-17-13(19)11-10(7-22-14(11)18-12)8-3-5-9(16)6-4-8/h3-7H,2H2,1H3,(H,17,18,19). The number of esters is 1. The van der Waals surface area contributed by atoms with Crippen molar-refractivity contribution < 1.29 is 9.53 Å². The maximum Gasteiger partial charge on any atom is 0.374 e. The molecular weight excluding hydrogens is 368 g/mol. The molecule has 0 aliphatic rings. The molecule has 2 aromatic heterocycles. The number of halogens is 1. The van der Waals surface area contributed by atoms with Gasteiger partial charge in [0.05, 0.1) is 12.0 Å². The van der Waals surface area contributed by atoms with Crippen LogP contribution in [0.15, 0.2) is 38.9 Å². The van der Waals surface area contributed by atoms with Crippen LogP contribution in [0.5, 0.6) is 0 Å². The highest BCUT2D eigenvalue weighted by Gasteiger charge is 2.16. The molecule has 22 heavy (non-hydrogen) atoms. The lowest BCUT2D eigenvalue weighted by Gasteiger charge is -2.02. The molecule has 0 bridgehead atoms. The summed E-state index contributed by atoms with van der Waals surface area (Å²) in [6, 6.07) is 7.66. The number of nitrogens with zero attached hydrogens (tertiary/aromatic N) is 1. The van der Waals surface area contributed by atoms with Crippen LogP contribution in [0.1, 0.15) is 17.5 Å². The van der Waals surface area contributed by atoms with Crippen LogP contribution >= 0.6 is 27.3 Å². The van der Waals surface area contributed by atoms with E-state index in [2.05, 4.69) is 25.9 Å². The minimum atomic E-state index is -0.625. The van der Waals surface area contributed by atoms with Crippen molar-refractivity contribution in [3.05, 3.63) is 50.3 Å². The first-order chi connectivity index (χ1) is 10.6. The Kier molecular flexibility index (Phi) is 4.08. The second-order valence-corrected chi connectivity index (χ2v) is 6.25.